The molecule has 0 aliphatic carbocycles. The van der Waals surface area contributed by atoms with E-state index in [4.69, 9.17) is 0 Å². The van der Waals surface area contributed by atoms with Crippen molar-refractivity contribution in [1.82, 2.24) is 14.5 Å². The first-order chi connectivity index (χ1) is 11.9. The van der Waals surface area contributed by atoms with Crippen molar-refractivity contribution in [3.8, 4) is 0 Å². The molecule has 0 saturated carbocycles. The van der Waals surface area contributed by atoms with Gasteiger partial charge in [-0.3, -0.25) is 4.79 Å². The van der Waals surface area contributed by atoms with E-state index < -0.39 is 18.0 Å². The largest absolute Gasteiger partial charge is 0.477 e. The average Bonchev–Trinajstić information content (AvgIpc) is 3.09. The normalized spacial score (nSPS) is 31.0. The molecule has 0 bridgehead atoms. The molecule has 10 heteroatoms. The van der Waals surface area contributed by atoms with Gasteiger partial charge in [0.1, 0.15) is 5.70 Å². The van der Waals surface area contributed by atoms with Crippen molar-refractivity contribution >= 4 is 65.0 Å². The van der Waals surface area contributed by atoms with Crippen LogP contribution in [0.15, 0.2) is 28.2 Å². The summed E-state index contributed by atoms with van der Waals surface area (Å²) in [5.74, 6) is -1.09. The molecule has 1 aromatic heterocycles. The number of carboxylic acids is 1. The number of amides is 1. The van der Waals surface area contributed by atoms with Crippen molar-refractivity contribution < 1.29 is 19.8 Å². The van der Waals surface area contributed by atoms with Gasteiger partial charge >= 0.3 is 5.97 Å². The topological polar surface area (TPSA) is 95.7 Å². The third-order valence-corrected chi connectivity index (χ3v) is 7.93. The first-order valence-corrected chi connectivity index (χ1v) is 10.1. The first-order valence-electron chi connectivity index (χ1n) is 8.19. The van der Waals surface area contributed by atoms with Gasteiger partial charge in [0, 0.05) is 70.3 Å². The molecule has 4 heterocycles. The van der Waals surface area contributed by atoms with Crippen LogP contribution in [-0.2, 0) is 16.1 Å². The van der Waals surface area contributed by atoms with Crippen LogP contribution < -0.4 is 0 Å². The SMILES string of the molecule is C[C@@H](O)[C@H]1C(=O)N2C(C(=O)O)=C(SC3CSc4nccn4C3)[C@H](C)[C@H]12.[Na]. The average molecular weight is 404 g/mol. The van der Waals surface area contributed by atoms with E-state index in [-0.39, 0.29) is 58.4 Å². The molecule has 3 aliphatic heterocycles. The van der Waals surface area contributed by atoms with Crippen LogP contribution in [0.5, 0.6) is 0 Å². The summed E-state index contributed by atoms with van der Waals surface area (Å²) < 4.78 is 2.07. The van der Waals surface area contributed by atoms with Crippen molar-refractivity contribution in [3.05, 3.63) is 23.0 Å². The number of imidazole rings is 1. The minimum Gasteiger partial charge on any atom is -0.477 e. The van der Waals surface area contributed by atoms with E-state index >= 15 is 0 Å². The molecule has 2 N–H and O–H groups in total. The van der Waals surface area contributed by atoms with Gasteiger partial charge in [0.05, 0.1) is 18.1 Å². The number of hydrogen-bond acceptors (Lipinski definition) is 6. The molecule has 4 rings (SSSR count). The number of aliphatic carboxylic acids is 1. The van der Waals surface area contributed by atoms with Crippen LogP contribution in [0.2, 0.25) is 0 Å². The third-order valence-electron chi connectivity index (χ3n) is 5.08. The monoisotopic (exact) mass is 404 g/mol. The van der Waals surface area contributed by atoms with Gasteiger partial charge in [-0.2, -0.15) is 0 Å². The number of aliphatic hydroxyl groups excluding tert-OH is 1. The van der Waals surface area contributed by atoms with E-state index in [0.717, 1.165) is 22.4 Å². The van der Waals surface area contributed by atoms with Gasteiger partial charge < -0.3 is 19.7 Å². The number of rotatable bonds is 4. The molecule has 1 saturated heterocycles. The second-order valence-electron chi connectivity index (χ2n) is 6.68. The summed E-state index contributed by atoms with van der Waals surface area (Å²) in [5.41, 5.74) is 0.103. The Hall–Kier alpha value is -0.450. The minimum absolute atomic E-state index is 0. The molecule has 1 amide bonds. The molecule has 1 radical (unpaired) electrons. The number of hydrogen-bond donors (Lipinski definition) is 2. The number of aromatic nitrogens is 2. The van der Waals surface area contributed by atoms with Crippen LogP contribution in [0.1, 0.15) is 13.8 Å². The maximum atomic E-state index is 12.4. The van der Waals surface area contributed by atoms with Gasteiger partial charge in [0.25, 0.3) is 0 Å². The zero-order valence-electron chi connectivity index (χ0n) is 14.8. The molecular weight excluding hydrogens is 385 g/mol. The predicted octanol–water partition coefficient (Wildman–Crippen LogP) is 0.863. The smallest absolute Gasteiger partial charge is 0.353 e. The van der Waals surface area contributed by atoms with Crippen molar-refractivity contribution in [1.29, 1.82) is 0 Å². The molecular formula is C16H19N3NaO4S2. The van der Waals surface area contributed by atoms with Crippen molar-refractivity contribution in [2.24, 2.45) is 11.8 Å². The molecule has 0 spiro atoms. The summed E-state index contributed by atoms with van der Waals surface area (Å²) in [4.78, 5) is 30.6. The standard InChI is InChI=1S/C16H19N3O4S2.Na/c1-7-11-10(8(2)20)14(21)19(11)12(15(22)23)13(7)25-9-5-18-4-3-17-16(18)24-6-9;/h3-4,7-11,20H,5-6H2,1-2H3,(H,22,23);/t7-,8-,9?,10-,11-;/m1./s1. The fourth-order valence-corrected chi connectivity index (χ4v) is 6.54. The Bertz CT molecular complexity index is 781. The van der Waals surface area contributed by atoms with Gasteiger partial charge in [-0.25, -0.2) is 9.78 Å². The quantitative estimate of drug-likeness (QED) is 0.568. The number of carbonyl (C=O) groups excluding carboxylic acids is 1. The Kier molecular flexibility index (Phi) is 5.87. The second-order valence-corrected chi connectivity index (χ2v) is 9.01. The van der Waals surface area contributed by atoms with Crippen molar-refractivity contribution in [2.45, 2.75) is 42.9 Å². The Morgan fingerprint density at radius 1 is 1.50 bits per heavy atom. The first kappa shape index (κ1) is 20.3. The van der Waals surface area contributed by atoms with Gasteiger partial charge in [-0.15, -0.1) is 11.8 Å². The van der Waals surface area contributed by atoms with Gasteiger partial charge in [-0.05, 0) is 6.92 Å². The molecule has 1 fully saturated rings. The van der Waals surface area contributed by atoms with Crippen LogP contribution in [0.25, 0.3) is 0 Å². The number of nitrogens with zero attached hydrogens (tertiary/aromatic N) is 3. The Morgan fingerprint density at radius 2 is 2.23 bits per heavy atom. The molecule has 3 aliphatic rings. The Labute approximate surface area is 181 Å². The molecule has 26 heavy (non-hydrogen) atoms. The molecule has 1 aromatic rings. The summed E-state index contributed by atoms with van der Waals surface area (Å²) in [5, 5.41) is 20.8. The van der Waals surface area contributed by atoms with Crippen LogP contribution in [0.4, 0.5) is 0 Å². The summed E-state index contributed by atoms with van der Waals surface area (Å²) in [6.45, 7) is 4.32. The fraction of sp³-hybridized carbons (Fsp3) is 0.562. The summed E-state index contributed by atoms with van der Waals surface area (Å²) in [7, 11) is 0. The summed E-state index contributed by atoms with van der Waals surface area (Å²) in [6, 6.07) is -0.249. The molecule has 135 valence electrons. The predicted molar refractivity (Wildman–Crippen MR) is 99.7 cm³/mol. The number of carboxylic acid groups (broad SMARTS) is 1. The van der Waals surface area contributed by atoms with Gasteiger partial charge in [0.15, 0.2) is 5.16 Å². The fourth-order valence-electron chi connectivity index (χ4n) is 3.94. The van der Waals surface area contributed by atoms with Crippen LogP contribution in [-0.4, -0.2) is 89.2 Å². The van der Waals surface area contributed by atoms with E-state index in [9.17, 15) is 19.8 Å². The van der Waals surface area contributed by atoms with Crippen molar-refractivity contribution in [3.63, 3.8) is 0 Å². The number of thioether (sulfide) groups is 2. The zero-order chi connectivity index (χ0) is 17.9. The summed E-state index contributed by atoms with van der Waals surface area (Å²) in [6.07, 6.45) is 2.93. The Morgan fingerprint density at radius 3 is 2.88 bits per heavy atom. The van der Waals surface area contributed by atoms with Crippen molar-refractivity contribution in [2.75, 3.05) is 5.75 Å². The molecule has 5 atom stereocenters. The summed E-state index contributed by atoms with van der Waals surface area (Å²) >= 11 is 3.22. The van der Waals surface area contributed by atoms with Crippen LogP contribution in [0, 0.1) is 11.8 Å². The molecule has 0 aromatic carbocycles. The number of fused-ring (bicyclic) bond motifs is 2. The van der Waals surface area contributed by atoms with E-state index in [1.54, 1.807) is 36.6 Å². The number of β-lactam (4-membered cyclic amide) rings is 1. The third kappa shape index (κ3) is 3.06. The van der Waals surface area contributed by atoms with Crippen LogP contribution in [0.3, 0.4) is 0 Å². The molecule has 1 unspecified atom stereocenters. The van der Waals surface area contributed by atoms with E-state index in [1.165, 1.54) is 4.90 Å². The van der Waals surface area contributed by atoms with E-state index in [0.29, 0.717) is 0 Å². The van der Waals surface area contributed by atoms with Gasteiger partial charge in [-0.1, -0.05) is 18.7 Å². The molecule has 7 nitrogen and oxygen atoms in total. The number of aliphatic hydroxyl groups is 1. The second kappa shape index (κ2) is 7.52. The number of carbonyl (C=O) groups is 2. The Balaban J connectivity index is 0.00000196. The van der Waals surface area contributed by atoms with Gasteiger partial charge in [0.2, 0.25) is 5.91 Å². The van der Waals surface area contributed by atoms with Crippen LogP contribution >= 0.6 is 23.5 Å². The zero-order valence-corrected chi connectivity index (χ0v) is 18.5. The van der Waals surface area contributed by atoms with E-state index in [1.807, 2.05) is 13.1 Å². The maximum Gasteiger partial charge on any atom is 0.353 e. The minimum atomic E-state index is -1.07. The van der Waals surface area contributed by atoms with E-state index in [2.05, 4.69) is 9.55 Å². The maximum absolute atomic E-state index is 12.4.